The van der Waals surface area contributed by atoms with Crippen molar-refractivity contribution in [2.45, 2.75) is 46.1 Å². The van der Waals surface area contributed by atoms with Crippen molar-refractivity contribution >= 4 is 16.7 Å². The van der Waals surface area contributed by atoms with Crippen LogP contribution >= 0.6 is 11.5 Å². The molecule has 1 aromatic rings. The lowest BCUT2D eigenvalue weighted by Gasteiger charge is -2.30. The van der Waals surface area contributed by atoms with Crippen LogP contribution in [0.4, 0.5) is 5.13 Å². The molecule has 1 atom stereocenters. The molecule has 0 aromatic carbocycles. The molecule has 0 aliphatic carbocycles. The van der Waals surface area contributed by atoms with Crippen molar-refractivity contribution in [3.8, 4) is 0 Å². The predicted molar refractivity (Wildman–Crippen MR) is 69.8 cm³/mol. The number of hydrogen-bond acceptors (Lipinski definition) is 5. The van der Waals surface area contributed by atoms with Crippen LogP contribution in [-0.2, 0) is 6.42 Å². The van der Waals surface area contributed by atoms with Gasteiger partial charge in [0.2, 0.25) is 5.13 Å². The van der Waals surface area contributed by atoms with Gasteiger partial charge in [0.1, 0.15) is 5.82 Å². The van der Waals surface area contributed by atoms with E-state index in [1.54, 1.807) is 0 Å². The maximum Gasteiger partial charge on any atom is 0.203 e. The molecule has 92 valence electrons. The maximum atomic E-state index is 5.84. The molecule has 1 heterocycles. The highest BCUT2D eigenvalue weighted by Gasteiger charge is 2.24. The second-order valence-corrected chi connectivity index (χ2v) is 5.61. The van der Waals surface area contributed by atoms with Crippen LogP contribution < -0.4 is 11.1 Å². The van der Waals surface area contributed by atoms with Crippen molar-refractivity contribution in [2.75, 3.05) is 11.9 Å². The highest BCUT2D eigenvalue weighted by molar-refractivity contribution is 7.09. The average molecular weight is 242 g/mol. The van der Waals surface area contributed by atoms with Crippen molar-refractivity contribution in [3.05, 3.63) is 5.82 Å². The van der Waals surface area contributed by atoms with Gasteiger partial charge in [0, 0.05) is 30.0 Å². The van der Waals surface area contributed by atoms with E-state index < -0.39 is 0 Å². The third-order valence-electron chi connectivity index (χ3n) is 2.50. The zero-order valence-electron chi connectivity index (χ0n) is 10.6. The Balaban J connectivity index is 2.68. The van der Waals surface area contributed by atoms with Gasteiger partial charge in [-0.3, -0.25) is 0 Å². The van der Waals surface area contributed by atoms with E-state index in [9.17, 15) is 0 Å². The second kappa shape index (κ2) is 5.59. The minimum absolute atomic E-state index is 0.0846. The Morgan fingerprint density at radius 3 is 2.62 bits per heavy atom. The van der Waals surface area contributed by atoms with E-state index >= 15 is 0 Å². The van der Waals surface area contributed by atoms with Gasteiger partial charge in [-0.2, -0.15) is 4.37 Å². The Bertz CT molecular complexity index is 324. The molecule has 1 unspecified atom stereocenters. The van der Waals surface area contributed by atoms with Crippen LogP contribution in [0.2, 0.25) is 0 Å². The maximum absolute atomic E-state index is 5.84. The summed E-state index contributed by atoms with van der Waals surface area (Å²) in [6, 6.07) is 0. The normalized spacial score (nSPS) is 15.1. The molecule has 0 spiro atoms. The van der Waals surface area contributed by atoms with E-state index in [0.717, 1.165) is 23.8 Å². The summed E-state index contributed by atoms with van der Waals surface area (Å²) >= 11 is 1.42. The fourth-order valence-corrected chi connectivity index (χ4v) is 2.59. The molecule has 4 nitrogen and oxygen atoms in total. The molecule has 0 saturated carbocycles. The van der Waals surface area contributed by atoms with Crippen molar-refractivity contribution in [1.29, 1.82) is 0 Å². The summed E-state index contributed by atoms with van der Waals surface area (Å²) in [6.07, 6.45) is 1.91. The Morgan fingerprint density at radius 1 is 1.50 bits per heavy atom. The van der Waals surface area contributed by atoms with Crippen molar-refractivity contribution in [3.63, 3.8) is 0 Å². The number of aromatic nitrogens is 2. The van der Waals surface area contributed by atoms with Gasteiger partial charge >= 0.3 is 0 Å². The molecule has 0 bridgehead atoms. The van der Waals surface area contributed by atoms with Crippen LogP contribution in [0.25, 0.3) is 0 Å². The van der Waals surface area contributed by atoms with E-state index in [1.807, 2.05) is 0 Å². The first-order valence-electron chi connectivity index (χ1n) is 5.80. The SMILES string of the molecule is CCc1nsc(NC(C)(CN)CC(C)C)n1. The summed E-state index contributed by atoms with van der Waals surface area (Å²) in [5.41, 5.74) is 5.75. The van der Waals surface area contributed by atoms with Crippen LogP contribution in [0.1, 0.15) is 39.9 Å². The number of rotatable bonds is 6. The molecule has 1 aromatic heterocycles. The molecule has 5 heteroatoms. The first-order chi connectivity index (χ1) is 7.49. The third-order valence-corrected chi connectivity index (χ3v) is 3.17. The molecule has 0 aliphatic heterocycles. The molecule has 0 amide bonds. The number of nitrogens with one attached hydrogen (secondary N) is 1. The quantitative estimate of drug-likeness (QED) is 0.803. The van der Waals surface area contributed by atoms with Gasteiger partial charge in [0.25, 0.3) is 0 Å². The number of anilines is 1. The molecular formula is C11H22N4S. The van der Waals surface area contributed by atoms with Crippen LogP contribution in [0.5, 0.6) is 0 Å². The predicted octanol–water partition coefficient (Wildman–Crippen LogP) is 2.28. The minimum atomic E-state index is -0.0846. The van der Waals surface area contributed by atoms with Gasteiger partial charge in [-0.15, -0.1) is 0 Å². The summed E-state index contributed by atoms with van der Waals surface area (Å²) in [7, 11) is 0. The topological polar surface area (TPSA) is 63.8 Å². The van der Waals surface area contributed by atoms with Crippen molar-refractivity contribution < 1.29 is 0 Å². The summed E-state index contributed by atoms with van der Waals surface area (Å²) < 4.78 is 4.26. The fourth-order valence-electron chi connectivity index (χ4n) is 1.79. The largest absolute Gasteiger partial charge is 0.354 e. The molecule has 0 saturated heterocycles. The lowest BCUT2D eigenvalue weighted by molar-refractivity contribution is 0.407. The smallest absolute Gasteiger partial charge is 0.203 e. The highest BCUT2D eigenvalue weighted by Crippen LogP contribution is 2.22. The lowest BCUT2D eigenvalue weighted by atomic mass is 9.91. The third kappa shape index (κ3) is 3.72. The summed E-state index contributed by atoms with van der Waals surface area (Å²) in [4.78, 5) is 4.41. The molecule has 0 fully saturated rings. The second-order valence-electron chi connectivity index (χ2n) is 4.86. The van der Waals surface area contributed by atoms with Crippen molar-refractivity contribution in [1.82, 2.24) is 9.36 Å². The van der Waals surface area contributed by atoms with Gasteiger partial charge in [-0.05, 0) is 19.3 Å². The van der Waals surface area contributed by atoms with Gasteiger partial charge in [0.05, 0.1) is 0 Å². The van der Waals surface area contributed by atoms with Crippen molar-refractivity contribution in [2.24, 2.45) is 11.7 Å². The minimum Gasteiger partial charge on any atom is -0.354 e. The Morgan fingerprint density at radius 2 is 2.19 bits per heavy atom. The number of nitrogens with zero attached hydrogens (tertiary/aromatic N) is 2. The first kappa shape index (κ1) is 13.4. The first-order valence-corrected chi connectivity index (χ1v) is 6.57. The molecular weight excluding hydrogens is 220 g/mol. The monoisotopic (exact) mass is 242 g/mol. The number of nitrogens with two attached hydrogens (primary N) is 1. The molecule has 16 heavy (non-hydrogen) atoms. The van der Waals surface area contributed by atoms with E-state index in [2.05, 4.69) is 42.4 Å². The average Bonchev–Trinajstić information content (AvgIpc) is 2.64. The zero-order chi connectivity index (χ0) is 12.2. The van der Waals surface area contributed by atoms with E-state index in [0.29, 0.717) is 12.5 Å². The van der Waals surface area contributed by atoms with E-state index in [4.69, 9.17) is 5.73 Å². The van der Waals surface area contributed by atoms with Crippen LogP contribution in [0.15, 0.2) is 0 Å². The number of aryl methyl sites for hydroxylation is 1. The zero-order valence-corrected chi connectivity index (χ0v) is 11.4. The summed E-state index contributed by atoms with van der Waals surface area (Å²) in [5.74, 6) is 1.51. The Kier molecular flexibility index (Phi) is 4.68. The molecule has 0 radical (unpaired) electrons. The summed E-state index contributed by atoms with van der Waals surface area (Å²) in [5, 5.41) is 4.29. The molecule has 1 rings (SSSR count). The molecule has 0 aliphatic rings. The van der Waals surface area contributed by atoms with Gasteiger partial charge in [0.15, 0.2) is 0 Å². The van der Waals surface area contributed by atoms with E-state index in [-0.39, 0.29) is 5.54 Å². The molecule has 3 N–H and O–H groups in total. The van der Waals surface area contributed by atoms with E-state index in [1.165, 1.54) is 11.5 Å². The van der Waals surface area contributed by atoms with Gasteiger partial charge in [-0.1, -0.05) is 20.8 Å². The van der Waals surface area contributed by atoms with Crippen LogP contribution in [-0.4, -0.2) is 21.4 Å². The Labute approximate surface area is 102 Å². The lowest BCUT2D eigenvalue weighted by Crippen LogP contribution is -2.43. The fraction of sp³-hybridized carbons (Fsp3) is 0.818. The standard InChI is InChI=1S/C11H22N4S/c1-5-9-13-10(16-15-9)14-11(4,7-12)6-8(2)3/h8H,5-7,12H2,1-4H3,(H,13,14,15). The van der Waals surface area contributed by atoms with Gasteiger partial charge in [-0.25, -0.2) is 4.98 Å². The summed E-state index contributed by atoms with van der Waals surface area (Å²) in [6.45, 7) is 9.20. The van der Waals surface area contributed by atoms with Crippen LogP contribution in [0, 0.1) is 5.92 Å². The highest BCUT2D eigenvalue weighted by atomic mass is 32.1. The Hall–Kier alpha value is -0.680. The number of hydrogen-bond donors (Lipinski definition) is 2. The van der Waals surface area contributed by atoms with Gasteiger partial charge < -0.3 is 11.1 Å². The van der Waals surface area contributed by atoms with Crippen LogP contribution in [0.3, 0.4) is 0 Å².